The summed E-state index contributed by atoms with van der Waals surface area (Å²) in [4.78, 5) is 58.8. The molecule has 0 aromatic heterocycles. The maximum absolute atomic E-state index is 11.8. The number of terminal acetylenes is 1. The second-order valence-electron chi connectivity index (χ2n) is 7.33. The van der Waals surface area contributed by atoms with Gasteiger partial charge in [0.15, 0.2) is 0 Å². The Hall–Kier alpha value is -3.15. The van der Waals surface area contributed by atoms with Gasteiger partial charge in [-0.15, -0.1) is 12.3 Å². The normalized spacial score (nSPS) is 13.7. The Morgan fingerprint density at radius 3 is 2.29 bits per heavy atom. The van der Waals surface area contributed by atoms with Crippen molar-refractivity contribution in [2.75, 3.05) is 13.1 Å². The molecule has 0 spiro atoms. The number of carbonyl (C=O) groups excluding carboxylic acids is 4. The molecule has 170 valence electrons. The molecule has 1 rings (SSSR count). The second kappa shape index (κ2) is 14.8. The molecule has 0 aromatic carbocycles. The van der Waals surface area contributed by atoms with E-state index in [1.807, 2.05) is 0 Å². The Bertz CT molecular complexity index is 707. The lowest BCUT2D eigenvalue weighted by Crippen LogP contribution is -2.40. The largest absolute Gasteiger partial charge is 0.480 e. The van der Waals surface area contributed by atoms with Gasteiger partial charge in [0.05, 0.1) is 0 Å². The van der Waals surface area contributed by atoms with Crippen LogP contribution in [0.2, 0.25) is 0 Å². The third-order valence-electron chi connectivity index (χ3n) is 4.79. The lowest BCUT2D eigenvalue weighted by Gasteiger charge is -2.14. The predicted octanol–water partition coefficient (Wildman–Crippen LogP) is 1.13. The average molecular weight is 434 g/mol. The third-order valence-corrected chi connectivity index (χ3v) is 4.79. The minimum atomic E-state index is -1.08. The van der Waals surface area contributed by atoms with Gasteiger partial charge in [-0.25, -0.2) is 4.79 Å². The molecule has 9 heteroatoms. The van der Waals surface area contributed by atoms with E-state index in [1.165, 1.54) is 17.1 Å². The maximum atomic E-state index is 11.8. The van der Waals surface area contributed by atoms with Gasteiger partial charge >= 0.3 is 5.97 Å². The fourth-order valence-corrected chi connectivity index (χ4v) is 3.05. The first-order chi connectivity index (χ1) is 14.8. The minimum absolute atomic E-state index is 0.0911. The molecular weight excluding hydrogens is 402 g/mol. The number of hydrogen-bond donors (Lipinski definition) is 3. The topological polar surface area (TPSA) is 133 Å². The Morgan fingerprint density at radius 1 is 0.968 bits per heavy atom. The molecule has 0 saturated carbocycles. The molecule has 1 aliphatic heterocycles. The van der Waals surface area contributed by atoms with Crippen molar-refractivity contribution in [3.63, 3.8) is 0 Å². The van der Waals surface area contributed by atoms with Crippen molar-refractivity contribution in [2.24, 2.45) is 0 Å². The number of aliphatic carboxylic acids is 1. The zero-order valence-electron chi connectivity index (χ0n) is 17.7. The van der Waals surface area contributed by atoms with Crippen molar-refractivity contribution in [3.05, 3.63) is 12.2 Å². The van der Waals surface area contributed by atoms with Crippen LogP contribution in [0.25, 0.3) is 0 Å². The monoisotopic (exact) mass is 433 g/mol. The van der Waals surface area contributed by atoms with Crippen LogP contribution < -0.4 is 10.6 Å². The molecule has 0 radical (unpaired) electrons. The summed E-state index contributed by atoms with van der Waals surface area (Å²) in [5.41, 5.74) is 0. The molecule has 1 aliphatic rings. The fraction of sp³-hybridized carbons (Fsp3) is 0.591. The van der Waals surface area contributed by atoms with Gasteiger partial charge in [0.2, 0.25) is 11.8 Å². The van der Waals surface area contributed by atoms with Crippen LogP contribution in [0, 0.1) is 12.3 Å². The Kier molecular flexibility index (Phi) is 12.3. The van der Waals surface area contributed by atoms with Crippen LogP contribution in [0.15, 0.2) is 12.2 Å². The number of hydrogen-bond acceptors (Lipinski definition) is 5. The Morgan fingerprint density at radius 2 is 1.65 bits per heavy atom. The van der Waals surface area contributed by atoms with E-state index in [1.54, 1.807) is 0 Å². The molecule has 0 aliphatic carbocycles. The summed E-state index contributed by atoms with van der Waals surface area (Å²) in [6.45, 7) is 0.793. The zero-order chi connectivity index (χ0) is 23.1. The number of carbonyl (C=O) groups is 5. The van der Waals surface area contributed by atoms with Crippen molar-refractivity contribution in [1.29, 1.82) is 0 Å². The number of nitrogens with one attached hydrogen (secondary N) is 2. The third kappa shape index (κ3) is 11.0. The van der Waals surface area contributed by atoms with Gasteiger partial charge in [-0.05, 0) is 38.5 Å². The van der Waals surface area contributed by atoms with Gasteiger partial charge in [-0.2, -0.15) is 0 Å². The van der Waals surface area contributed by atoms with Crippen LogP contribution in [-0.4, -0.2) is 58.7 Å². The number of carboxylic acids is 1. The van der Waals surface area contributed by atoms with Crippen molar-refractivity contribution in [2.45, 2.75) is 70.3 Å². The number of amides is 4. The van der Waals surface area contributed by atoms with Crippen molar-refractivity contribution in [1.82, 2.24) is 15.5 Å². The smallest absolute Gasteiger partial charge is 0.326 e. The number of imide groups is 1. The van der Waals surface area contributed by atoms with Crippen LogP contribution in [0.4, 0.5) is 0 Å². The van der Waals surface area contributed by atoms with Gasteiger partial charge in [-0.1, -0.05) is 6.42 Å². The maximum Gasteiger partial charge on any atom is 0.326 e. The standard InChI is InChI=1S/C22H31N3O6/c1-2-3-5-12-19(27)24-17(22(30)31)10-7-8-15-23-18(26)11-6-4-9-16-25-20(28)13-14-21(25)29/h1,13-14,17H,3-12,15-16H2,(H,23,26)(H,24,27)(H,30,31)/t17-/m0/s1. The Labute approximate surface area is 182 Å². The van der Waals surface area contributed by atoms with E-state index < -0.39 is 12.0 Å². The van der Waals surface area contributed by atoms with E-state index in [0.29, 0.717) is 58.0 Å². The molecule has 31 heavy (non-hydrogen) atoms. The van der Waals surface area contributed by atoms with Crippen LogP contribution in [0.1, 0.15) is 64.2 Å². The summed E-state index contributed by atoms with van der Waals surface area (Å²) in [6, 6.07) is -0.946. The van der Waals surface area contributed by atoms with Crippen molar-refractivity contribution < 1.29 is 29.1 Å². The minimum Gasteiger partial charge on any atom is -0.480 e. The van der Waals surface area contributed by atoms with Gasteiger partial charge in [0.1, 0.15) is 6.04 Å². The summed E-state index contributed by atoms with van der Waals surface area (Å²) in [6.07, 6.45) is 12.6. The summed E-state index contributed by atoms with van der Waals surface area (Å²) in [5, 5.41) is 14.5. The summed E-state index contributed by atoms with van der Waals surface area (Å²) >= 11 is 0. The van der Waals surface area contributed by atoms with E-state index >= 15 is 0 Å². The number of nitrogens with zero attached hydrogens (tertiary/aromatic N) is 1. The van der Waals surface area contributed by atoms with Crippen molar-refractivity contribution in [3.8, 4) is 12.3 Å². The highest BCUT2D eigenvalue weighted by molar-refractivity contribution is 6.12. The van der Waals surface area contributed by atoms with Gasteiger partial charge in [0.25, 0.3) is 11.8 Å². The summed E-state index contributed by atoms with van der Waals surface area (Å²) in [5.74, 6) is 0.340. The molecule has 0 fully saturated rings. The second-order valence-corrected chi connectivity index (χ2v) is 7.33. The number of carboxylic acid groups (broad SMARTS) is 1. The van der Waals surface area contributed by atoms with Gasteiger partial charge in [-0.3, -0.25) is 24.1 Å². The van der Waals surface area contributed by atoms with Gasteiger partial charge < -0.3 is 15.7 Å². The summed E-state index contributed by atoms with van der Waals surface area (Å²) < 4.78 is 0. The first-order valence-corrected chi connectivity index (χ1v) is 10.6. The molecular formula is C22H31N3O6. The zero-order valence-corrected chi connectivity index (χ0v) is 17.7. The van der Waals surface area contributed by atoms with Gasteiger partial charge in [0, 0.05) is 44.5 Å². The van der Waals surface area contributed by atoms with Crippen molar-refractivity contribution >= 4 is 29.6 Å². The number of unbranched alkanes of at least 4 members (excludes halogenated alkanes) is 4. The highest BCUT2D eigenvalue weighted by Gasteiger charge is 2.22. The van der Waals surface area contributed by atoms with E-state index in [2.05, 4.69) is 16.6 Å². The quantitative estimate of drug-likeness (QED) is 0.190. The molecule has 1 heterocycles. The Balaban J connectivity index is 2.07. The lowest BCUT2D eigenvalue weighted by atomic mass is 10.1. The molecule has 0 unspecified atom stereocenters. The van der Waals surface area contributed by atoms with E-state index in [4.69, 9.17) is 6.42 Å². The molecule has 1 atom stereocenters. The lowest BCUT2D eigenvalue weighted by molar-refractivity contribution is -0.142. The summed E-state index contributed by atoms with van der Waals surface area (Å²) in [7, 11) is 0. The average Bonchev–Trinajstić information content (AvgIpc) is 3.04. The first-order valence-electron chi connectivity index (χ1n) is 10.6. The molecule has 0 saturated heterocycles. The molecule has 9 nitrogen and oxygen atoms in total. The highest BCUT2D eigenvalue weighted by Crippen LogP contribution is 2.08. The van der Waals surface area contributed by atoms with Crippen LogP contribution in [0.3, 0.4) is 0 Å². The van der Waals surface area contributed by atoms with Crippen LogP contribution >= 0.6 is 0 Å². The van der Waals surface area contributed by atoms with E-state index in [9.17, 15) is 29.1 Å². The molecule has 4 amide bonds. The van der Waals surface area contributed by atoms with E-state index in [-0.39, 0.29) is 36.5 Å². The molecule has 0 bridgehead atoms. The van der Waals surface area contributed by atoms with Crippen LogP contribution in [0.5, 0.6) is 0 Å². The predicted molar refractivity (Wildman–Crippen MR) is 113 cm³/mol. The molecule has 3 N–H and O–H groups in total. The fourth-order valence-electron chi connectivity index (χ4n) is 3.05. The van der Waals surface area contributed by atoms with Crippen LogP contribution in [-0.2, 0) is 24.0 Å². The highest BCUT2D eigenvalue weighted by atomic mass is 16.4. The SMILES string of the molecule is C#CCCCC(=O)N[C@@H](CCCCNC(=O)CCCCCN1C(=O)C=CC1=O)C(=O)O. The van der Waals surface area contributed by atoms with E-state index in [0.717, 1.165) is 6.42 Å². The first kappa shape index (κ1) is 25.9. The molecule has 0 aromatic rings. The number of rotatable bonds is 16.